The van der Waals surface area contributed by atoms with E-state index in [1.165, 1.54) is 4.90 Å². The summed E-state index contributed by atoms with van der Waals surface area (Å²) in [7, 11) is 0. The highest BCUT2D eigenvalue weighted by Gasteiger charge is 2.71. The SMILES string of the molecule is Cc1ccc(C)c(N2CC=C[C@@]34O[C@H]5/C=C\CCC(=O)NC[C@H](C)OC(=O)[C@H]5[C@@H]3C(=O)N(CCO)[C@H]4C2=O)c1. The van der Waals surface area contributed by atoms with Crippen molar-refractivity contribution in [1.82, 2.24) is 10.2 Å². The molecule has 3 amide bonds. The van der Waals surface area contributed by atoms with Crippen LogP contribution in [-0.2, 0) is 28.7 Å². The molecule has 10 nitrogen and oxygen atoms in total. The molecular formula is C29H35N3O7. The van der Waals surface area contributed by atoms with Crippen LogP contribution in [0.2, 0.25) is 0 Å². The van der Waals surface area contributed by atoms with Gasteiger partial charge in [-0.1, -0.05) is 36.4 Å². The van der Waals surface area contributed by atoms with Crippen LogP contribution < -0.4 is 10.2 Å². The lowest BCUT2D eigenvalue weighted by atomic mass is 9.78. The number of esters is 1. The first-order valence-corrected chi connectivity index (χ1v) is 13.5. The van der Waals surface area contributed by atoms with Crippen molar-refractivity contribution < 1.29 is 33.8 Å². The van der Waals surface area contributed by atoms with Crippen molar-refractivity contribution in [3.63, 3.8) is 0 Å². The Bertz CT molecular complexity index is 1240. The van der Waals surface area contributed by atoms with Crippen LogP contribution in [0.3, 0.4) is 0 Å². The number of benzene rings is 1. The number of cyclic esters (lactones) is 1. The van der Waals surface area contributed by atoms with Gasteiger partial charge in [-0.25, -0.2) is 0 Å². The molecule has 0 aromatic heterocycles. The number of hydrogen-bond donors (Lipinski definition) is 2. The van der Waals surface area contributed by atoms with E-state index in [9.17, 15) is 24.3 Å². The third-order valence-corrected chi connectivity index (χ3v) is 8.03. The Labute approximate surface area is 227 Å². The quantitative estimate of drug-likeness (QED) is 0.438. The minimum absolute atomic E-state index is 0.0734. The van der Waals surface area contributed by atoms with Gasteiger partial charge in [-0.05, 0) is 44.4 Å². The number of nitrogens with one attached hydrogen (secondary N) is 1. The highest BCUT2D eigenvalue weighted by Crippen LogP contribution is 2.53. The number of fused-ring (bicyclic) bond motifs is 2. The number of nitrogens with zero attached hydrogens (tertiary/aromatic N) is 2. The van der Waals surface area contributed by atoms with E-state index in [1.807, 2.05) is 38.1 Å². The van der Waals surface area contributed by atoms with Gasteiger partial charge in [0.05, 0.1) is 25.2 Å². The smallest absolute Gasteiger partial charge is 0.313 e. The molecule has 2 N–H and O–H groups in total. The van der Waals surface area contributed by atoms with Crippen molar-refractivity contribution in [3.05, 3.63) is 53.6 Å². The molecule has 1 aromatic rings. The molecular weight excluding hydrogens is 502 g/mol. The van der Waals surface area contributed by atoms with Crippen LogP contribution in [-0.4, -0.2) is 83.8 Å². The van der Waals surface area contributed by atoms with Crippen LogP contribution in [0.5, 0.6) is 0 Å². The summed E-state index contributed by atoms with van der Waals surface area (Å²) < 4.78 is 12.3. The second-order valence-corrected chi connectivity index (χ2v) is 10.8. The van der Waals surface area contributed by atoms with E-state index in [2.05, 4.69) is 5.32 Å². The van der Waals surface area contributed by atoms with E-state index in [0.29, 0.717) is 6.42 Å². The summed E-state index contributed by atoms with van der Waals surface area (Å²) in [5, 5.41) is 12.6. The number of aryl methyl sites for hydroxylation is 2. The second-order valence-electron chi connectivity index (χ2n) is 10.8. The summed E-state index contributed by atoms with van der Waals surface area (Å²) in [4.78, 5) is 57.0. The van der Waals surface area contributed by atoms with Crippen molar-refractivity contribution in [2.24, 2.45) is 11.8 Å². The minimum atomic E-state index is -1.42. The summed E-state index contributed by atoms with van der Waals surface area (Å²) in [5.74, 6) is -3.55. The normalized spacial score (nSPS) is 33.8. The first kappa shape index (κ1) is 27.1. The average molecular weight is 538 g/mol. The molecule has 0 aliphatic carbocycles. The molecule has 4 heterocycles. The largest absolute Gasteiger partial charge is 0.460 e. The van der Waals surface area contributed by atoms with E-state index in [0.717, 1.165) is 16.8 Å². The van der Waals surface area contributed by atoms with Gasteiger partial charge in [-0.2, -0.15) is 0 Å². The minimum Gasteiger partial charge on any atom is -0.460 e. The van der Waals surface area contributed by atoms with E-state index in [1.54, 1.807) is 30.1 Å². The number of β-amino-alcohol motifs (C(OH)–C–C–N with tert-alkyl or cyclic N) is 1. The molecule has 1 aromatic carbocycles. The first-order valence-electron chi connectivity index (χ1n) is 13.5. The predicted octanol–water partition coefficient (Wildman–Crippen LogP) is 1.18. The fourth-order valence-electron chi connectivity index (χ4n) is 6.24. The maximum absolute atomic E-state index is 14.3. The molecule has 5 rings (SSSR count). The predicted molar refractivity (Wildman–Crippen MR) is 142 cm³/mol. The number of ether oxygens (including phenoxy) is 2. The number of aliphatic hydroxyl groups is 1. The Morgan fingerprint density at radius 3 is 2.69 bits per heavy atom. The number of carbonyl (C=O) groups is 4. The molecule has 10 heteroatoms. The van der Waals surface area contributed by atoms with Crippen LogP contribution in [0.25, 0.3) is 0 Å². The maximum Gasteiger partial charge on any atom is 0.313 e. The molecule has 0 radical (unpaired) electrons. The number of amides is 3. The van der Waals surface area contributed by atoms with Crippen molar-refractivity contribution in [2.75, 3.05) is 31.1 Å². The number of carbonyl (C=O) groups excluding carboxylic acids is 4. The lowest BCUT2D eigenvalue weighted by Crippen LogP contribution is -2.55. The highest BCUT2D eigenvalue weighted by atomic mass is 16.6. The summed E-state index contributed by atoms with van der Waals surface area (Å²) in [6, 6.07) is 4.78. The van der Waals surface area contributed by atoms with Crippen molar-refractivity contribution in [2.45, 2.75) is 57.5 Å². The molecule has 0 bridgehead atoms. The van der Waals surface area contributed by atoms with E-state index in [-0.39, 0.29) is 44.5 Å². The number of anilines is 1. The Balaban J connectivity index is 1.59. The molecule has 0 unspecified atom stereocenters. The second kappa shape index (κ2) is 10.6. The molecule has 0 saturated carbocycles. The summed E-state index contributed by atoms with van der Waals surface area (Å²) in [6.45, 7) is 5.54. The van der Waals surface area contributed by atoms with Gasteiger partial charge < -0.3 is 29.7 Å². The van der Waals surface area contributed by atoms with E-state index >= 15 is 0 Å². The van der Waals surface area contributed by atoms with E-state index < -0.39 is 47.6 Å². The third kappa shape index (κ3) is 4.65. The van der Waals surface area contributed by atoms with Gasteiger partial charge in [0.1, 0.15) is 23.7 Å². The molecule has 4 aliphatic heterocycles. The zero-order valence-corrected chi connectivity index (χ0v) is 22.5. The number of allylic oxidation sites excluding steroid dienone is 1. The maximum atomic E-state index is 14.3. The zero-order valence-electron chi connectivity index (χ0n) is 22.5. The number of rotatable bonds is 3. The third-order valence-electron chi connectivity index (χ3n) is 8.03. The Kier molecular flexibility index (Phi) is 7.35. The summed E-state index contributed by atoms with van der Waals surface area (Å²) >= 11 is 0. The van der Waals surface area contributed by atoms with Gasteiger partial charge in [-0.3, -0.25) is 19.2 Å². The van der Waals surface area contributed by atoms with Crippen LogP contribution in [0.15, 0.2) is 42.5 Å². The van der Waals surface area contributed by atoms with Gasteiger partial charge >= 0.3 is 5.97 Å². The molecule has 2 saturated heterocycles. The zero-order chi connectivity index (χ0) is 27.9. The molecule has 39 heavy (non-hydrogen) atoms. The average Bonchev–Trinajstić information content (AvgIpc) is 3.27. The lowest BCUT2D eigenvalue weighted by Gasteiger charge is -2.35. The molecule has 6 atom stereocenters. The molecule has 4 aliphatic rings. The van der Waals surface area contributed by atoms with Gasteiger partial charge in [0.15, 0.2) is 0 Å². The van der Waals surface area contributed by atoms with Crippen LogP contribution in [0, 0.1) is 25.7 Å². The Morgan fingerprint density at radius 2 is 1.92 bits per heavy atom. The monoisotopic (exact) mass is 537 g/mol. The molecule has 1 spiro atoms. The molecule has 2 fully saturated rings. The first-order chi connectivity index (χ1) is 18.7. The van der Waals surface area contributed by atoms with Crippen LogP contribution in [0.4, 0.5) is 5.69 Å². The Hall–Kier alpha value is -3.50. The fourth-order valence-corrected chi connectivity index (χ4v) is 6.24. The van der Waals surface area contributed by atoms with Crippen molar-refractivity contribution in [1.29, 1.82) is 0 Å². The molecule has 208 valence electrons. The van der Waals surface area contributed by atoms with Crippen LogP contribution in [0.1, 0.15) is 30.9 Å². The highest BCUT2D eigenvalue weighted by molar-refractivity contribution is 6.06. The number of aliphatic hydroxyl groups excluding tert-OH is 1. The van der Waals surface area contributed by atoms with Gasteiger partial charge in [0.25, 0.3) is 5.91 Å². The number of hydrogen-bond acceptors (Lipinski definition) is 7. The van der Waals surface area contributed by atoms with Crippen LogP contribution >= 0.6 is 0 Å². The van der Waals surface area contributed by atoms with Crippen molar-refractivity contribution >= 4 is 29.4 Å². The topological polar surface area (TPSA) is 125 Å². The standard InChI is InChI=1S/C29H35N3O7/c1-17-9-10-18(2)20(15-17)31-12-6-11-29-24(26(35)32(13-14-33)25(29)27(31)36)23-21(39-29)7-4-5-8-22(34)30-16-19(3)38-28(23)37/h4,6-7,9-11,15,19,21,23-25,33H,5,8,12-14,16H2,1-3H3,(H,30,34)/b7-4-/t19-,21-,23+,24+,25-,29+/m0/s1. The summed E-state index contributed by atoms with van der Waals surface area (Å²) in [6.07, 6.45) is 6.28. The fraction of sp³-hybridized carbons (Fsp3) is 0.517. The van der Waals surface area contributed by atoms with Gasteiger partial charge in [-0.15, -0.1) is 0 Å². The van der Waals surface area contributed by atoms with Crippen molar-refractivity contribution in [3.8, 4) is 0 Å². The Morgan fingerprint density at radius 1 is 1.13 bits per heavy atom. The van der Waals surface area contributed by atoms with E-state index in [4.69, 9.17) is 9.47 Å². The van der Waals surface area contributed by atoms with Gasteiger partial charge in [0, 0.05) is 25.2 Å². The lowest BCUT2D eigenvalue weighted by molar-refractivity contribution is -0.158. The summed E-state index contributed by atoms with van der Waals surface area (Å²) in [5.41, 5.74) is 1.21. The number of likely N-dealkylation sites (tertiary alicyclic amines) is 1. The van der Waals surface area contributed by atoms with Gasteiger partial charge in [0.2, 0.25) is 11.8 Å².